The zero-order valence-electron chi connectivity index (χ0n) is 13.0. The van der Waals surface area contributed by atoms with Crippen molar-refractivity contribution in [1.29, 1.82) is 0 Å². The Kier molecular flexibility index (Phi) is 5.08. The Labute approximate surface area is 131 Å². The lowest BCUT2D eigenvalue weighted by atomic mass is 9.75. The highest BCUT2D eigenvalue weighted by Gasteiger charge is 2.31. The first kappa shape index (κ1) is 16.1. The topological polar surface area (TPSA) is 40.5 Å². The molecular formula is C17H23NO2S. The molecule has 0 unspecified atom stereocenters. The molecule has 4 heteroatoms. The van der Waals surface area contributed by atoms with E-state index in [1.54, 1.807) is 0 Å². The van der Waals surface area contributed by atoms with Crippen molar-refractivity contribution in [2.75, 3.05) is 19.7 Å². The maximum atomic E-state index is 12.6. The van der Waals surface area contributed by atoms with E-state index < -0.39 is 0 Å². The normalized spacial score (nSPS) is 16.5. The minimum atomic E-state index is -0.180. The number of hydrogen-bond donors (Lipinski definition) is 1. The van der Waals surface area contributed by atoms with E-state index in [0.29, 0.717) is 16.2 Å². The molecule has 1 aliphatic heterocycles. The Hall–Kier alpha value is -1.31. The van der Waals surface area contributed by atoms with Gasteiger partial charge in [0.25, 0.3) is 5.91 Å². The van der Waals surface area contributed by atoms with Crippen LogP contribution in [0.4, 0.5) is 0 Å². The van der Waals surface area contributed by atoms with Crippen molar-refractivity contribution in [3.63, 3.8) is 0 Å². The molecule has 1 fully saturated rings. The van der Waals surface area contributed by atoms with E-state index in [9.17, 15) is 4.79 Å². The van der Waals surface area contributed by atoms with Crippen LogP contribution in [0.15, 0.2) is 11.4 Å². The molecule has 1 aliphatic rings. The largest absolute Gasteiger partial charge is 0.384 e. The number of likely N-dealkylation sites (tertiary alicyclic amines) is 1. The second kappa shape index (κ2) is 6.64. The number of nitrogens with zero attached hydrogens (tertiary/aromatic N) is 1. The van der Waals surface area contributed by atoms with Gasteiger partial charge in [-0.25, -0.2) is 0 Å². The van der Waals surface area contributed by atoms with Gasteiger partial charge in [-0.05, 0) is 35.6 Å². The van der Waals surface area contributed by atoms with Crippen LogP contribution in [0.25, 0.3) is 0 Å². The van der Waals surface area contributed by atoms with Crippen LogP contribution < -0.4 is 0 Å². The number of carbonyl (C=O) groups is 1. The standard InChI is InChI=1S/C17H23NO2S/c1-17(2,3)14-6-9-18(10-7-14)16(20)15-13(5-4-11-19)8-12-21-15/h8,12,14,19H,6-7,9-11H2,1-3H3. The van der Waals surface area contributed by atoms with Gasteiger partial charge in [0.05, 0.1) is 0 Å². The third-order valence-electron chi connectivity index (χ3n) is 4.17. The number of amides is 1. The number of piperidine rings is 1. The van der Waals surface area contributed by atoms with E-state index in [1.165, 1.54) is 11.3 Å². The average molecular weight is 305 g/mol. The Morgan fingerprint density at radius 1 is 1.43 bits per heavy atom. The fourth-order valence-electron chi connectivity index (χ4n) is 2.80. The molecule has 1 saturated heterocycles. The lowest BCUT2D eigenvalue weighted by Gasteiger charge is -2.38. The van der Waals surface area contributed by atoms with E-state index in [-0.39, 0.29) is 12.5 Å². The molecule has 3 nitrogen and oxygen atoms in total. The molecule has 0 aliphatic carbocycles. The molecule has 21 heavy (non-hydrogen) atoms. The van der Waals surface area contributed by atoms with Gasteiger partial charge in [0.1, 0.15) is 11.5 Å². The number of rotatable bonds is 1. The van der Waals surface area contributed by atoms with Gasteiger partial charge in [-0.2, -0.15) is 0 Å². The van der Waals surface area contributed by atoms with E-state index in [1.807, 2.05) is 16.3 Å². The van der Waals surface area contributed by atoms with Crippen LogP contribution in [0, 0.1) is 23.2 Å². The smallest absolute Gasteiger partial charge is 0.265 e. The van der Waals surface area contributed by atoms with Crippen LogP contribution in [-0.4, -0.2) is 35.6 Å². The molecule has 0 bridgehead atoms. The fraction of sp³-hybridized carbons (Fsp3) is 0.588. The summed E-state index contributed by atoms with van der Waals surface area (Å²) in [6.07, 6.45) is 2.14. The van der Waals surface area contributed by atoms with Crippen molar-refractivity contribution in [3.8, 4) is 11.8 Å². The van der Waals surface area contributed by atoms with Crippen molar-refractivity contribution < 1.29 is 9.90 Å². The first-order chi connectivity index (χ1) is 9.93. The zero-order chi connectivity index (χ0) is 15.5. The summed E-state index contributed by atoms with van der Waals surface area (Å²) in [7, 11) is 0. The molecular weight excluding hydrogens is 282 g/mol. The zero-order valence-corrected chi connectivity index (χ0v) is 13.8. The van der Waals surface area contributed by atoms with E-state index >= 15 is 0 Å². The van der Waals surface area contributed by atoms with Crippen molar-refractivity contribution in [2.45, 2.75) is 33.6 Å². The first-order valence-corrected chi connectivity index (χ1v) is 8.28. The second-order valence-electron chi connectivity index (χ2n) is 6.56. The Bertz CT molecular complexity index is 551. The summed E-state index contributed by atoms with van der Waals surface area (Å²) in [6, 6.07) is 1.85. The Morgan fingerprint density at radius 3 is 2.67 bits per heavy atom. The number of hydrogen-bond acceptors (Lipinski definition) is 3. The number of aliphatic hydroxyl groups excluding tert-OH is 1. The summed E-state index contributed by atoms with van der Waals surface area (Å²) in [5.74, 6) is 6.24. The van der Waals surface area contributed by atoms with Gasteiger partial charge >= 0.3 is 0 Å². The van der Waals surface area contributed by atoms with Crippen LogP contribution in [-0.2, 0) is 0 Å². The second-order valence-corrected chi connectivity index (χ2v) is 7.47. The van der Waals surface area contributed by atoms with Crippen LogP contribution in [0.2, 0.25) is 0 Å². The molecule has 0 spiro atoms. The Morgan fingerprint density at radius 2 is 2.10 bits per heavy atom. The summed E-state index contributed by atoms with van der Waals surface area (Å²) >= 11 is 1.43. The lowest BCUT2D eigenvalue weighted by molar-refractivity contribution is 0.0613. The van der Waals surface area contributed by atoms with Crippen molar-refractivity contribution in [3.05, 3.63) is 21.9 Å². The molecule has 1 N–H and O–H groups in total. The summed E-state index contributed by atoms with van der Waals surface area (Å²) < 4.78 is 0. The van der Waals surface area contributed by atoms with Crippen molar-refractivity contribution in [1.82, 2.24) is 4.90 Å². The van der Waals surface area contributed by atoms with Gasteiger partial charge in [0.15, 0.2) is 0 Å². The number of aliphatic hydroxyl groups is 1. The minimum absolute atomic E-state index is 0.0830. The molecule has 2 rings (SSSR count). The van der Waals surface area contributed by atoms with Crippen molar-refractivity contribution in [2.24, 2.45) is 11.3 Å². The molecule has 114 valence electrons. The highest BCUT2D eigenvalue weighted by molar-refractivity contribution is 7.12. The van der Waals surface area contributed by atoms with E-state index in [2.05, 4.69) is 32.6 Å². The Balaban J connectivity index is 2.04. The highest BCUT2D eigenvalue weighted by Crippen LogP contribution is 2.34. The number of thiophene rings is 1. The molecule has 0 saturated carbocycles. The van der Waals surface area contributed by atoms with Gasteiger partial charge in [0, 0.05) is 18.7 Å². The van der Waals surface area contributed by atoms with Crippen LogP contribution in [0.3, 0.4) is 0 Å². The van der Waals surface area contributed by atoms with Crippen molar-refractivity contribution >= 4 is 17.2 Å². The van der Waals surface area contributed by atoms with E-state index in [0.717, 1.165) is 31.5 Å². The maximum Gasteiger partial charge on any atom is 0.265 e. The van der Waals surface area contributed by atoms with Crippen LogP contribution in [0.1, 0.15) is 48.8 Å². The maximum absolute atomic E-state index is 12.6. The predicted octanol–water partition coefficient (Wildman–Crippen LogP) is 2.99. The van der Waals surface area contributed by atoms with Gasteiger partial charge in [-0.15, -0.1) is 11.3 Å². The van der Waals surface area contributed by atoms with Gasteiger partial charge in [0.2, 0.25) is 0 Å². The molecule has 0 aromatic carbocycles. The quantitative estimate of drug-likeness (QED) is 0.810. The highest BCUT2D eigenvalue weighted by atomic mass is 32.1. The monoisotopic (exact) mass is 305 g/mol. The van der Waals surface area contributed by atoms with E-state index in [4.69, 9.17) is 5.11 Å². The summed E-state index contributed by atoms with van der Waals surface area (Å²) in [4.78, 5) is 15.2. The molecule has 1 amide bonds. The lowest BCUT2D eigenvalue weighted by Crippen LogP contribution is -2.41. The van der Waals surface area contributed by atoms with Gasteiger partial charge in [-0.1, -0.05) is 32.6 Å². The summed E-state index contributed by atoms with van der Waals surface area (Å²) in [5.41, 5.74) is 1.05. The summed E-state index contributed by atoms with van der Waals surface area (Å²) in [6.45, 7) is 8.29. The van der Waals surface area contributed by atoms with Gasteiger partial charge in [-0.3, -0.25) is 4.79 Å². The fourth-order valence-corrected chi connectivity index (χ4v) is 3.62. The summed E-state index contributed by atoms with van der Waals surface area (Å²) in [5, 5.41) is 10.7. The molecule has 0 atom stereocenters. The molecule has 0 radical (unpaired) electrons. The predicted molar refractivity (Wildman–Crippen MR) is 86.4 cm³/mol. The first-order valence-electron chi connectivity index (χ1n) is 7.40. The molecule has 2 heterocycles. The SMILES string of the molecule is CC(C)(C)C1CCN(C(=O)c2sccc2C#CCO)CC1. The average Bonchev–Trinajstić information content (AvgIpc) is 2.92. The number of carbonyl (C=O) groups excluding carboxylic acids is 1. The third-order valence-corrected chi connectivity index (χ3v) is 5.07. The van der Waals surface area contributed by atoms with Crippen LogP contribution >= 0.6 is 11.3 Å². The van der Waals surface area contributed by atoms with Gasteiger partial charge < -0.3 is 10.0 Å². The van der Waals surface area contributed by atoms with Crippen LogP contribution in [0.5, 0.6) is 0 Å². The molecule has 1 aromatic heterocycles. The minimum Gasteiger partial charge on any atom is -0.384 e. The third kappa shape index (κ3) is 3.87. The molecule has 1 aromatic rings.